The molecule has 2 amide bonds. The third-order valence-electron chi connectivity index (χ3n) is 5.24. The van der Waals surface area contributed by atoms with Gasteiger partial charge in [0.2, 0.25) is 5.76 Å². The molecule has 0 bridgehead atoms. The van der Waals surface area contributed by atoms with E-state index in [9.17, 15) is 23.2 Å². The summed E-state index contributed by atoms with van der Waals surface area (Å²) >= 11 is 0. The van der Waals surface area contributed by atoms with Crippen molar-refractivity contribution in [1.82, 2.24) is 10.1 Å². The fourth-order valence-electron chi connectivity index (χ4n) is 3.44. The van der Waals surface area contributed by atoms with Crippen molar-refractivity contribution in [3.05, 3.63) is 75.8 Å². The Bertz CT molecular complexity index is 1260. The highest BCUT2D eigenvalue weighted by molar-refractivity contribution is 6.88. The van der Waals surface area contributed by atoms with Crippen molar-refractivity contribution < 1.29 is 27.6 Å². The van der Waals surface area contributed by atoms with Crippen LogP contribution < -0.4 is 20.8 Å². The Morgan fingerprint density at radius 2 is 1.74 bits per heavy atom. The Balaban J connectivity index is 1.98. The van der Waals surface area contributed by atoms with E-state index in [2.05, 4.69) is 5.32 Å². The number of halogens is 2. The smallest absolute Gasteiger partial charge is 0.293 e. The number of nitrogens with one attached hydrogen (secondary N) is 2. The number of nitrogens with zero attached hydrogens (tertiary/aromatic N) is 1. The minimum atomic E-state index is -2.16. The van der Waals surface area contributed by atoms with Crippen LogP contribution in [0.1, 0.15) is 22.2 Å². The van der Waals surface area contributed by atoms with Gasteiger partial charge in [-0.05, 0) is 28.9 Å². The van der Waals surface area contributed by atoms with E-state index in [0.717, 1.165) is 23.1 Å². The Labute approximate surface area is 195 Å². The number of carbonyl (C=O) groups is 2. The number of aromatic amines is 1. The normalized spacial score (nSPS) is 12.2. The van der Waals surface area contributed by atoms with Gasteiger partial charge in [-0.1, -0.05) is 31.8 Å². The highest BCUT2D eigenvalue weighted by Gasteiger charge is 2.32. The molecule has 2 N–H and O–H groups in total. The lowest BCUT2D eigenvalue weighted by Crippen LogP contribution is -2.41. The zero-order valence-corrected chi connectivity index (χ0v) is 20.4. The van der Waals surface area contributed by atoms with E-state index in [-0.39, 0.29) is 11.4 Å². The highest BCUT2D eigenvalue weighted by Crippen LogP contribution is 2.26. The van der Waals surface area contributed by atoms with Crippen molar-refractivity contribution in [2.24, 2.45) is 0 Å². The largest absolute Gasteiger partial charge is 0.497 e. The molecule has 180 valence electrons. The van der Waals surface area contributed by atoms with Crippen LogP contribution in [-0.2, 0) is 4.79 Å². The van der Waals surface area contributed by atoms with Crippen LogP contribution in [0, 0.1) is 11.6 Å². The lowest BCUT2D eigenvalue weighted by atomic mass is 10.0. The summed E-state index contributed by atoms with van der Waals surface area (Å²) < 4.78 is 39.5. The minimum Gasteiger partial charge on any atom is -0.497 e. The van der Waals surface area contributed by atoms with Gasteiger partial charge in [-0.3, -0.25) is 14.4 Å². The molecule has 1 unspecified atom stereocenters. The summed E-state index contributed by atoms with van der Waals surface area (Å²) in [7, 11) is 0.649. The van der Waals surface area contributed by atoms with Crippen molar-refractivity contribution in [3.8, 4) is 5.75 Å². The number of anilines is 1. The maximum absolute atomic E-state index is 14.8. The number of ether oxygens (including phenoxy) is 1. The number of methoxy groups -OCH3 is 1. The number of benzene rings is 2. The molecular formula is C23H25F2N3O5Si. The van der Waals surface area contributed by atoms with Gasteiger partial charge in [0.05, 0.1) is 26.9 Å². The Hall–Kier alpha value is -3.73. The lowest BCUT2D eigenvalue weighted by molar-refractivity contribution is -0.120. The first-order valence-corrected chi connectivity index (χ1v) is 13.8. The van der Waals surface area contributed by atoms with Gasteiger partial charge in [0.25, 0.3) is 17.4 Å². The number of H-pyrrole nitrogens is 1. The fraction of sp³-hybridized carbons (Fsp3) is 0.261. The number of hydrogen-bond donors (Lipinski definition) is 2. The Morgan fingerprint density at radius 3 is 2.26 bits per heavy atom. The van der Waals surface area contributed by atoms with Crippen LogP contribution >= 0.6 is 0 Å². The molecule has 0 aliphatic rings. The summed E-state index contributed by atoms with van der Waals surface area (Å²) in [6.45, 7) is 5.63. The quantitative estimate of drug-likeness (QED) is 0.496. The summed E-state index contributed by atoms with van der Waals surface area (Å²) in [6.07, 6.45) is 0. The van der Waals surface area contributed by atoms with E-state index >= 15 is 0 Å². The molecule has 0 radical (unpaired) electrons. The van der Waals surface area contributed by atoms with Crippen molar-refractivity contribution in [3.63, 3.8) is 0 Å². The van der Waals surface area contributed by atoms with Gasteiger partial charge in [-0.2, -0.15) is 5.16 Å². The van der Waals surface area contributed by atoms with Gasteiger partial charge in [0.15, 0.2) is 0 Å². The van der Waals surface area contributed by atoms with E-state index in [0.29, 0.717) is 16.5 Å². The Morgan fingerprint density at radius 1 is 1.09 bits per heavy atom. The number of rotatable bonds is 7. The first-order chi connectivity index (χ1) is 15.9. The maximum Gasteiger partial charge on any atom is 0.293 e. The van der Waals surface area contributed by atoms with Gasteiger partial charge in [-0.25, -0.2) is 8.78 Å². The molecular weight excluding hydrogens is 464 g/mol. The molecule has 3 rings (SSSR count). The predicted molar refractivity (Wildman–Crippen MR) is 125 cm³/mol. The molecule has 2 aromatic carbocycles. The summed E-state index contributed by atoms with van der Waals surface area (Å²) in [6, 6.07) is 8.03. The molecule has 8 nitrogen and oxygen atoms in total. The zero-order valence-electron chi connectivity index (χ0n) is 19.4. The second-order valence-electron chi connectivity index (χ2n) is 8.72. The molecule has 34 heavy (non-hydrogen) atoms. The molecule has 0 aliphatic heterocycles. The zero-order chi connectivity index (χ0) is 25.2. The van der Waals surface area contributed by atoms with Gasteiger partial charge >= 0.3 is 0 Å². The van der Waals surface area contributed by atoms with Crippen LogP contribution in [0.4, 0.5) is 14.5 Å². The van der Waals surface area contributed by atoms with Crippen molar-refractivity contribution in [1.29, 1.82) is 0 Å². The van der Waals surface area contributed by atoms with Gasteiger partial charge in [-0.15, -0.1) is 0 Å². The van der Waals surface area contributed by atoms with Crippen molar-refractivity contribution in [2.75, 3.05) is 19.5 Å². The molecule has 1 aromatic heterocycles. The fourth-order valence-corrected chi connectivity index (χ4v) is 4.78. The average Bonchev–Trinajstić information content (AvgIpc) is 3.21. The summed E-state index contributed by atoms with van der Waals surface area (Å²) in [5, 5.41) is 4.70. The molecule has 0 spiro atoms. The number of aromatic nitrogens is 1. The first kappa shape index (κ1) is 24.9. The van der Waals surface area contributed by atoms with Crippen molar-refractivity contribution >= 4 is 30.8 Å². The van der Waals surface area contributed by atoms with E-state index < -0.39 is 43.1 Å². The molecule has 1 heterocycles. The number of likely N-dealkylation sites (N-methyl/N-ethyl adjacent to an activating group) is 1. The second kappa shape index (κ2) is 9.63. The first-order valence-electron chi connectivity index (χ1n) is 10.3. The van der Waals surface area contributed by atoms with Crippen LogP contribution in [-0.4, -0.2) is 44.1 Å². The molecule has 0 fully saturated rings. The minimum absolute atomic E-state index is 0.296. The van der Waals surface area contributed by atoms with E-state index in [1.54, 1.807) is 24.3 Å². The van der Waals surface area contributed by atoms with Gasteiger partial charge in [0.1, 0.15) is 23.4 Å². The van der Waals surface area contributed by atoms with Gasteiger partial charge < -0.3 is 19.5 Å². The standard InChI is InChI=1S/C23H25F2N3O5Si/c1-28(23(31)18-12-20(29)27-33-18)21(13-6-8-14(32-2)9-7-13)22(30)26-17-10-16(25)19(11-15(17)24)34(3,4)5/h6-12,21H,1-5H3,(H,26,30)(H,27,29). The summed E-state index contributed by atoms with van der Waals surface area (Å²) in [5.74, 6) is -2.76. The van der Waals surface area contributed by atoms with E-state index in [1.165, 1.54) is 14.2 Å². The lowest BCUT2D eigenvalue weighted by Gasteiger charge is -2.27. The molecule has 3 aromatic rings. The van der Waals surface area contributed by atoms with Crippen LogP contribution in [0.2, 0.25) is 19.6 Å². The highest BCUT2D eigenvalue weighted by atomic mass is 28.3. The number of hydrogen-bond acceptors (Lipinski definition) is 5. The SMILES string of the molecule is COc1ccc(C(C(=O)Nc2cc(F)c([Si](C)(C)C)cc2F)N(C)C(=O)c2cc(=O)[nH]o2)cc1. The predicted octanol–water partition coefficient (Wildman–Crippen LogP) is 3.25. The van der Waals surface area contributed by atoms with Crippen molar-refractivity contribution in [2.45, 2.75) is 25.7 Å². The molecule has 11 heteroatoms. The maximum atomic E-state index is 14.8. The summed E-state index contributed by atoms with van der Waals surface area (Å²) in [4.78, 5) is 38.6. The van der Waals surface area contributed by atoms with Crippen LogP contribution in [0.25, 0.3) is 0 Å². The monoisotopic (exact) mass is 489 g/mol. The Kier molecular flexibility index (Phi) is 7.06. The summed E-state index contributed by atoms with van der Waals surface area (Å²) in [5.41, 5.74) is -0.606. The number of amides is 2. The topological polar surface area (TPSA) is 105 Å². The molecule has 0 saturated carbocycles. The average molecular weight is 490 g/mol. The third-order valence-corrected chi connectivity index (χ3v) is 7.24. The molecule has 0 aliphatic carbocycles. The van der Waals surface area contributed by atoms with Crippen LogP contribution in [0.3, 0.4) is 0 Å². The van der Waals surface area contributed by atoms with Crippen LogP contribution in [0.5, 0.6) is 5.75 Å². The van der Waals surface area contributed by atoms with E-state index in [1.807, 2.05) is 24.8 Å². The third kappa shape index (κ3) is 5.25. The second-order valence-corrected chi connectivity index (χ2v) is 13.8. The molecule has 0 saturated heterocycles. The van der Waals surface area contributed by atoms with Gasteiger partial charge in [0, 0.05) is 13.1 Å². The van der Waals surface area contributed by atoms with Crippen LogP contribution in [0.15, 0.2) is 51.8 Å². The number of carbonyl (C=O) groups excluding carboxylic acids is 2. The van der Waals surface area contributed by atoms with E-state index in [4.69, 9.17) is 9.26 Å². The molecule has 1 atom stereocenters.